The largest absolute Gasteiger partial charge is 0.490 e. The summed E-state index contributed by atoms with van der Waals surface area (Å²) in [6, 6.07) is 8.92. The van der Waals surface area contributed by atoms with Crippen molar-refractivity contribution in [3.05, 3.63) is 47.2 Å². The van der Waals surface area contributed by atoms with Crippen LogP contribution in [-0.2, 0) is 0 Å². The van der Waals surface area contributed by atoms with E-state index >= 15 is 0 Å². The fourth-order valence-electron chi connectivity index (χ4n) is 3.85. The van der Waals surface area contributed by atoms with Crippen LogP contribution in [0.25, 0.3) is 28.2 Å². The van der Waals surface area contributed by atoms with Crippen LogP contribution in [0.1, 0.15) is 31.4 Å². The molecule has 0 atom stereocenters. The molecule has 0 aliphatic heterocycles. The molecule has 3 aromatic heterocycles. The molecule has 0 amide bonds. The van der Waals surface area contributed by atoms with Gasteiger partial charge in [-0.3, -0.25) is 4.40 Å². The predicted molar refractivity (Wildman–Crippen MR) is 109 cm³/mol. The Hall–Kier alpha value is -2.87. The minimum absolute atomic E-state index is 0.156. The van der Waals surface area contributed by atoms with Gasteiger partial charge in [0.25, 0.3) is 0 Å². The molecule has 1 aromatic carbocycles. The molecular formula is C21H18ClF2N5O. The van der Waals surface area contributed by atoms with Crippen LogP contribution in [0.2, 0.25) is 5.02 Å². The summed E-state index contributed by atoms with van der Waals surface area (Å²) in [6.07, 6.45) is 1.76. The van der Waals surface area contributed by atoms with Gasteiger partial charge in [0.2, 0.25) is 5.92 Å². The smallest absolute Gasteiger partial charge is 0.248 e. The van der Waals surface area contributed by atoms with Crippen molar-refractivity contribution in [1.82, 2.24) is 24.6 Å². The molecule has 6 nitrogen and oxygen atoms in total. The first kappa shape index (κ1) is 19.1. The van der Waals surface area contributed by atoms with Gasteiger partial charge in [-0.1, -0.05) is 11.6 Å². The number of halogens is 3. The van der Waals surface area contributed by atoms with Gasteiger partial charge < -0.3 is 4.74 Å². The van der Waals surface area contributed by atoms with Crippen molar-refractivity contribution in [2.75, 3.05) is 0 Å². The van der Waals surface area contributed by atoms with Gasteiger partial charge in [0.1, 0.15) is 11.3 Å². The summed E-state index contributed by atoms with van der Waals surface area (Å²) >= 11 is 6.49. The number of nitrogens with zero attached hydrogens (tertiary/aromatic N) is 5. The number of alkyl halides is 2. The maximum absolute atomic E-state index is 13.4. The zero-order valence-corrected chi connectivity index (χ0v) is 16.9. The Morgan fingerprint density at radius 1 is 1.13 bits per heavy atom. The van der Waals surface area contributed by atoms with E-state index in [1.165, 1.54) is 0 Å². The van der Waals surface area contributed by atoms with E-state index in [4.69, 9.17) is 16.3 Å². The van der Waals surface area contributed by atoms with Crippen LogP contribution >= 0.6 is 11.6 Å². The second kappa shape index (κ2) is 7.12. The van der Waals surface area contributed by atoms with Crippen LogP contribution in [0.5, 0.6) is 5.75 Å². The number of pyridine rings is 1. The van der Waals surface area contributed by atoms with E-state index in [-0.39, 0.29) is 18.9 Å². The van der Waals surface area contributed by atoms with Gasteiger partial charge in [0, 0.05) is 24.6 Å². The van der Waals surface area contributed by atoms with Gasteiger partial charge in [-0.25, -0.2) is 18.7 Å². The molecule has 0 unspecified atom stereocenters. The molecular weight excluding hydrogens is 412 g/mol. The van der Waals surface area contributed by atoms with Crippen LogP contribution < -0.4 is 4.74 Å². The molecule has 4 aromatic rings. The van der Waals surface area contributed by atoms with Crippen LogP contribution in [-0.4, -0.2) is 36.6 Å². The van der Waals surface area contributed by atoms with Crippen molar-refractivity contribution >= 4 is 28.4 Å². The van der Waals surface area contributed by atoms with Gasteiger partial charge >= 0.3 is 0 Å². The molecule has 1 saturated carbocycles. The Labute approximate surface area is 175 Å². The van der Waals surface area contributed by atoms with Crippen LogP contribution in [0, 0.1) is 6.92 Å². The molecule has 30 heavy (non-hydrogen) atoms. The quantitative estimate of drug-likeness (QED) is 0.444. The first-order chi connectivity index (χ1) is 14.4. The summed E-state index contributed by atoms with van der Waals surface area (Å²) in [5.41, 5.74) is 3.28. The molecule has 0 N–H and O–H groups in total. The normalized spacial score (nSPS) is 16.9. The lowest BCUT2D eigenvalue weighted by atomic mass is 9.94. The third-order valence-corrected chi connectivity index (χ3v) is 5.73. The van der Waals surface area contributed by atoms with Crippen molar-refractivity contribution in [3.63, 3.8) is 0 Å². The standard InChI is InChI=1S/C21H18ClF2N5O/c1-12-18-27-28-19(29(18)20-17(26-12)3-2-10-25-20)15-11-14(4-5-16(15)22)30-13-6-8-21(23,24)9-7-13/h2-5,10-11,13H,6-9H2,1H3. The Morgan fingerprint density at radius 2 is 1.93 bits per heavy atom. The molecule has 1 fully saturated rings. The number of aryl methyl sites for hydroxylation is 1. The fourth-order valence-corrected chi connectivity index (χ4v) is 4.05. The number of fused-ring (bicyclic) bond motifs is 3. The molecule has 154 valence electrons. The second-order valence-electron chi connectivity index (χ2n) is 7.54. The lowest BCUT2D eigenvalue weighted by Gasteiger charge is -2.28. The third kappa shape index (κ3) is 3.35. The van der Waals surface area contributed by atoms with E-state index < -0.39 is 5.92 Å². The van der Waals surface area contributed by atoms with Gasteiger partial charge in [0.05, 0.1) is 16.8 Å². The van der Waals surface area contributed by atoms with Crippen LogP contribution in [0.4, 0.5) is 8.78 Å². The van der Waals surface area contributed by atoms with E-state index in [9.17, 15) is 8.78 Å². The first-order valence-electron chi connectivity index (χ1n) is 9.72. The van der Waals surface area contributed by atoms with Crippen molar-refractivity contribution in [2.45, 2.75) is 44.6 Å². The highest BCUT2D eigenvalue weighted by Crippen LogP contribution is 2.37. The lowest BCUT2D eigenvalue weighted by molar-refractivity contribution is -0.0582. The fraction of sp³-hybridized carbons (Fsp3) is 0.333. The Kier molecular flexibility index (Phi) is 4.54. The van der Waals surface area contributed by atoms with Crippen molar-refractivity contribution in [3.8, 4) is 17.1 Å². The summed E-state index contributed by atoms with van der Waals surface area (Å²) in [5.74, 6) is -1.51. The highest BCUT2D eigenvalue weighted by molar-refractivity contribution is 6.33. The topological polar surface area (TPSA) is 65.2 Å². The Morgan fingerprint density at radius 3 is 2.73 bits per heavy atom. The van der Waals surface area contributed by atoms with E-state index in [1.54, 1.807) is 24.4 Å². The number of rotatable bonds is 3. The molecule has 0 spiro atoms. The summed E-state index contributed by atoms with van der Waals surface area (Å²) in [6.45, 7) is 1.86. The maximum Gasteiger partial charge on any atom is 0.248 e. The highest BCUT2D eigenvalue weighted by Gasteiger charge is 2.35. The molecule has 1 aliphatic rings. The molecule has 9 heteroatoms. The number of hydrogen-bond donors (Lipinski definition) is 0. The van der Waals surface area contributed by atoms with Crippen molar-refractivity contribution in [2.24, 2.45) is 0 Å². The number of aromatic nitrogens is 5. The summed E-state index contributed by atoms with van der Waals surface area (Å²) in [4.78, 5) is 8.98. The van der Waals surface area contributed by atoms with E-state index in [0.29, 0.717) is 46.3 Å². The monoisotopic (exact) mass is 429 g/mol. The second-order valence-corrected chi connectivity index (χ2v) is 7.95. The summed E-state index contributed by atoms with van der Waals surface area (Å²) < 4.78 is 34.7. The predicted octanol–water partition coefficient (Wildman–Crippen LogP) is 5.26. The third-order valence-electron chi connectivity index (χ3n) is 5.40. The molecule has 1 aliphatic carbocycles. The number of ether oxygens (including phenoxy) is 1. The maximum atomic E-state index is 13.4. The minimum Gasteiger partial charge on any atom is -0.490 e. The SMILES string of the molecule is Cc1nc2cccnc2n2c(-c3cc(OC4CCC(F)(F)CC4)ccc3Cl)nnc12. The molecule has 0 saturated heterocycles. The minimum atomic E-state index is -2.59. The Bertz CT molecular complexity index is 1250. The molecule has 3 heterocycles. The lowest BCUT2D eigenvalue weighted by Crippen LogP contribution is -2.30. The van der Waals surface area contributed by atoms with Crippen LogP contribution in [0.3, 0.4) is 0 Å². The van der Waals surface area contributed by atoms with Gasteiger partial charge in [0.15, 0.2) is 17.1 Å². The van der Waals surface area contributed by atoms with E-state index in [0.717, 1.165) is 11.2 Å². The van der Waals surface area contributed by atoms with Crippen LogP contribution in [0.15, 0.2) is 36.5 Å². The average Bonchev–Trinajstić information content (AvgIpc) is 3.17. The zero-order valence-electron chi connectivity index (χ0n) is 16.1. The highest BCUT2D eigenvalue weighted by atomic mass is 35.5. The number of benzene rings is 1. The average molecular weight is 430 g/mol. The zero-order chi connectivity index (χ0) is 20.9. The Balaban J connectivity index is 1.56. The van der Waals surface area contributed by atoms with Crippen molar-refractivity contribution in [1.29, 1.82) is 0 Å². The number of hydrogen-bond acceptors (Lipinski definition) is 5. The summed E-state index contributed by atoms with van der Waals surface area (Å²) in [5, 5.41) is 9.09. The first-order valence-corrected chi connectivity index (χ1v) is 10.1. The van der Waals surface area contributed by atoms with E-state index in [2.05, 4.69) is 20.2 Å². The van der Waals surface area contributed by atoms with Crippen molar-refractivity contribution < 1.29 is 13.5 Å². The summed E-state index contributed by atoms with van der Waals surface area (Å²) in [7, 11) is 0. The van der Waals surface area contributed by atoms with Gasteiger partial charge in [-0.2, -0.15) is 0 Å². The molecule has 0 radical (unpaired) electrons. The van der Waals surface area contributed by atoms with E-state index in [1.807, 2.05) is 23.5 Å². The molecule has 0 bridgehead atoms. The molecule has 5 rings (SSSR count). The van der Waals surface area contributed by atoms with Gasteiger partial charge in [-0.05, 0) is 50.1 Å². The van der Waals surface area contributed by atoms with Gasteiger partial charge in [-0.15, -0.1) is 10.2 Å².